The zero-order valence-corrected chi connectivity index (χ0v) is 11.3. The minimum absolute atomic E-state index is 0. The molecule has 0 bridgehead atoms. The molecule has 0 atom stereocenters. The monoisotopic (exact) mass is 150 g/mol. The normalized spacial score (nSPS) is 3.57. The van der Waals surface area contributed by atoms with Crippen molar-refractivity contribution in [3.05, 3.63) is 0 Å². The largest absolute Gasteiger partial charge is 2.00 e. The maximum Gasteiger partial charge on any atom is 2.00 e. The Labute approximate surface area is 123 Å². The van der Waals surface area contributed by atoms with Gasteiger partial charge in [-0.1, -0.05) is 0 Å². The number of rotatable bonds is 0. The number of carboxylic acid groups (broad SMARTS) is 1. The SMILES string of the molecule is CC(=O)O.[Ca+2].[H-].[H-].[H-].[H-].[Na+].[Na+]. The van der Waals surface area contributed by atoms with Crippen LogP contribution in [0.25, 0.3) is 0 Å². The van der Waals surface area contributed by atoms with Crippen LogP contribution in [0.4, 0.5) is 0 Å². The fourth-order valence-corrected chi connectivity index (χ4v) is 0. The van der Waals surface area contributed by atoms with Crippen molar-refractivity contribution in [3.8, 4) is 0 Å². The molecular formula is C2H8CaNa2O2. The molecule has 0 aromatic heterocycles. The molecule has 7 heavy (non-hydrogen) atoms. The van der Waals surface area contributed by atoms with Crippen molar-refractivity contribution in [1.82, 2.24) is 0 Å². The van der Waals surface area contributed by atoms with Gasteiger partial charge in [-0.05, 0) is 0 Å². The molecule has 0 saturated carbocycles. The summed E-state index contributed by atoms with van der Waals surface area (Å²) in [5, 5.41) is 7.42. The molecule has 0 rings (SSSR count). The minimum Gasteiger partial charge on any atom is -1.00 e. The van der Waals surface area contributed by atoms with Gasteiger partial charge in [0.25, 0.3) is 5.97 Å². The van der Waals surface area contributed by atoms with Crippen LogP contribution in [0.5, 0.6) is 0 Å². The van der Waals surface area contributed by atoms with Gasteiger partial charge in [0, 0.05) is 6.92 Å². The second kappa shape index (κ2) is 15.9. The van der Waals surface area contributed by atoms with Crippen molar-refractivity contribution in [2.24, 2.45) is 0 Å². The molecule has 0 amide bonds. The molecule has 0 spiro atoms. The van der Waals surface area contributed by atoms with Crippen LogP contribution in [-0.2, 0) is 4.79 Å². The Morgan fingerprint density at radius 3 is 1.57 bits per heavy atom. The summed E-state index contributed by atoms with van der Waals surface area (Å²) in [5.41, 5.74) is 0. The van der Waals surface area contributed by atoms with Crippen molar-refractivity contribution in [3.63, 3.8) is 0 Å². The van der Waals surface area contributed by atoms with Crippen LogP contribution in [0, 0.1) is 0 Å². The van der Waals surface area contributed by atoms with E-state index >= 15 is 0 Å². The van der Waals surface area contributed by atoms with E-state index in [-0.39, 0.29) is 103 Å². The molecule has 0 heterocycles. The summed E-state index contributed by atoms with van der Waals surface area (Å²) in [4.78, 5) is 9.00. The Kier molecular flexibility index (Phi) is 51.3. The molecule has 0 saturated heterocycles. The van der Waals surface area contributed by atoms with E-state index in [4.69, 9.17) is 9.90 Å². The number of carbonyl (C=O) groups is 1. The Balaban J connectivity index is -0.00000000214. The fraction of sp³-hybridized carbons (Fsp3) is 0.500. The maximum atomic E-state index is 9.00. The molecule has 0 aromatic rings. The summed E-state index contributed by atoms with van der Waals surface area (Å²) >= 11 is 0. The molecule has 0 fully saturated rings. The van der Waals surface area contributed by atoms with Crippen LogP contribution in [0.15, 0.2) is 0 Å². The molecule has 5 heteroatoms. The van der Waals surface area contributed by atoms with E-state index in [0.717, 1.165) is 6.92 Å². The molecule has 0 radical (unpaired) electrons. The van der Waals surface area contributed by atoms with Gasteiger partial charge in [0.1, 0.15) is 0 Å². The van der Waals surface area contributed by atoms with E-state index < -0.39 is 5.97 Å². The summed E-state index contributed by atoms with van der Waals surface area (Å²) in [7, 11) is 0. The molecule has 32 valence electrons. The zero-order chi connectivity index (χ0) is 3.58. The summed E-state index contributed by atoms with van der Waals surface area (Å²) in [6.07, 6.45) is 0. The molecule has 0 aliphatic rings. The topological polar surface area (TPSA) is 37.3 Å². The molecule has 1 N–H and O–H groups in total. The summed E-state index contributed by atoms with van der Waals surface area (Å²) in [6, 6.07) is 0. The predicted octanol–water partition coefficient (Wildman–Crippen LogP) is -5.83. The summed E-state index contributed by atoms with van der Waals surface area (Å²) in [5.74, 6) is -0.833. The summed E-state index contributed by atoms with van der Waals surface area (Å²) < 4.78 is 0. The molecule has 2 nitrogen and oxygen atoms in total. The first-order valence-corrected chi connectivity index (χ1v) is 0.928. The predicted molar refractivity (Wildman–Crippen MR) is 23.5 cm³/mol. The third-order valence-corrected chi connectivity index (χ3v) is 0. The number of aliphatic carboxylic acids is 1. The van der Waals surface area contributed by atoms with Gasteiger partial charge in [-0.15, -0.1) is 0 Å². The van der Waals surface area contributed by atoms with E-state index in [1.165, 1.54) is 0 Å². The van der Waals surface area contributed by atoms with Gasteiger partial charge >= 0.3 is 96.9 Å². The second-order valence-electron chi connectivity index (χ2n) is 0.519. The minimum atomic E-state index is -0.833. The Bertz CT molecular complexity index is 47.1. The van der Waals surface area contributed by atoms with E-state index in [1.54, 1.807) is 0 Å². The van der Waals surface area contributed by atoms with Gasteiger partial charge in [-0.3, -0.25) is 4.79 Å². The standard InChI is InChI=1S/C2H4O2.Ca.2Na.4H/c1-2(3)4;;;;;;;/h1H3,(H,3,4);;;;;;;/q;+2;2*+1;4*-1. The van der Waals surface area contributed by atoms with E-state index in [9.17, 15) is 0 Å². The molecule has 0 aliphatic carbocycles. The zero-order valence-electron chi connectivity index (χ0n) is 9.06. The molecule has 0 aliphatic heterocycles. The second-order valence-corrected chi connectivity index (χ2v) is 0.519. The van der Waals surface area contributed by atoms with Crippen LogP contribution in [0.1, 0.15) is 12.6 Å². The van der Waals surface area contributed by atoms with Crippen LogP contribution in [-0.4, -0.2) is 48.8 Å². The fourth-order valence-electron chi connectivity index (χ4n) is 0. The van der Waals surface area contributed by atoms with Gasteiger partial charge in [0.15, 0.2) is 0 Å². The van der Waals surface area contributed by atoms with E-state index in [2.05, 4.69) is 0 Å². The summed E-state index contributed by atoms with van der Waals surface area (Å²) in [6.45, 7) is 1.08. The van der Waals surface area contributed by atoms with Crippen LogP contribution >= 0.6 is 0 Å². The first-order chi connectivity index (χ1) is 1.73. The number of hydrogen-bond acceptors (Lipinski definition) is 1. The number of carboxylic acids is 1. The Morgan fingerprint density at radius 1 is 1.57 bits per heavy atom. The smallest absolute Gasteiger partial charge is 1.00 e. The average Bonchev–Trinajstić information content (AvgIpc) is 0.811. The van der Waals surface area contributed by atoms with Gasteiger partial charge in [0.2, 0.25) is 0 Å². The third kappa shape index (κ3) is 53.1. The van der Waals surface area contributed by atoms with Crippen molar-refractivity contribution >= 4 is 43.7 Å². The van der Waals surface area contributed by atoms with Crippen molar-refractivity contribution in [2.45, 2.75) is 6.92 Å². The van der Waals surface area contributed by atoms with Crippen LogP contribution in [0.3, 0.4) is 0 Å². The van der Waals surface area contributed by atoms with E-state index in [0.29, 0.717) is 0 Å². The first-order valence-electron chi connectivity index (χ1n) is 0.928. The van der Waals surface area contributed by atoms with Crippen molar-refractivity contribution in [1.29, 1.82) is 0 Å². The molecule has 0 aromatic carbocycles. The van der Waals surface area contributed by atoms with Gasteiger partial charge in [0.05, 0.1) is 0 Å². The number of hydrogen-bond donors (Lipinski definition) is 1. The van der Waals surface area contributed by atoms with Gasteiger partial charge < -0.3 is 10.8 Å². The quantitative estimate of drug-likeness (QED) is 0.349. The van der Waals surface area contributed by atoms with Gasteiger partial charge in [-0.2, -0.15) is 0 Å². The van der Waals surface area contributed by atoms with Crippen LogP contribution < -0.4 is 59.1 Å². The molecule has 0 unspecified atom stereocenters. The first kappa shape index (κ1) is 22.6. The maximum absolute atomic E-state index is 9.00. The van der Waals surface area contributed by atoms with Gasteiger partial charge in [-0.25, -0.2) is 0 Å². The van der Waals surface area contributed by atoms with Crippen molar-refractivity contribution in [2.75, 3.05) is 0 Å². The third-order valence-electron chi connectivity index (χ3n) is 0. The Morgan fingerprint density at radius 2 is 1.57 bits per heavy atom. The Hall–Kier alpha value is 2.73. The van der Waals surface area contributed by atoms with E-state index in [1.807, 2.05) is 0 Å². The average molecular weight is 150 g/mol. The molecular weight excluding hydrogens is 142 g/mol. The van der Waals surface area contributed by atoms with Crippen molar-refractivity contribution < 1.29 is 74.7 Å². The van der Waals surface area contributed by atoms with Crippen LogP contribution in [0.2, 0.25) is 0 Å².